The molecule has 0 bridgehead atoms. The number of fused-ring (bicyclic) bond motifs is 1. The second-order valence-electron chi connectivity index (χ2n) is 6.35. The number of aromatic nitrogens is 1. The molecule has 7 heteroatoms. The number of amides is 2. The van der Waals surface area contributed by atoms with Crippen LogP contribution < -0.4 is 15.4 Å². The average Bonchev–Trinajstić information content (AvgIpc) is 3.32. The first kappa shape index (κ1) is 16.8. The number of aromatic amines is 1. The van der Waals surface area contributed by atoms with Crippen LogP contribution in [0.4, 0.5) is 0 Å². The summed E-state index contributed by atoms with van der Waals surface area (Å²) >= 11 is 0. The van der Waals surface area contributed by atoms with Crippen molar-refractivity contribution < 1.29 is 14.3 Å². The highest BCUT2D eigenvalue weighted by Crippen LogP contribution is 2.43. The number of H-pyrrole nitrogens is 1. The minimum atomic E-state index is -0.384. The zero-order chi connectivity index (χ0) is 17.9. The third-order valence-corrected chi connectivity index (χ3v) is 4.49. The van der Waals surface area contributed by atoms with Crippen LogP contribution in [0.3, 0.4) is 0 Å². The lowest BCUT2D eigenvalue weighted by molar-refractivity contribution is -0.125. The predicted molar refractivity (Wildman–Crippen MR) is 91.9 cm³/mol. The van der Waals surface area contributed by atoms with Crippen molar-refractivity contribution in [2.45, 2.75) is 19.3 Å². The number of methoxy groups -OCH3 is 1. The molecule has 1 saturated carbocycles. The minimum absolute atomic E-state index is 0.0868. The summed E-state index contributed by atoms with van der Waals surface area (Å²) in [5.74, 6) is 0.236. The fourth-order valence-corrected chi connectivity index (χ4v) is 2.66. The maximum absolute atomic E-state index is 12.1. The number of rotatable bonds is 7. The summed E-state index contributed by atoms with van der Waals surface area (Å²) in [6, 6.07) is 7.82. The number of benzene rings is 1. The summed E-state index contributed by atoms with van der Waals surface area (Å²) in [5.41, 5.74) is 1.37. The molecule has 2 aromatic rings. The van der Waals surface area contributed by atoms with Gasteiger partial charge in [-0.3, -0.25) is 9.59 Å². The van der Waals surface area contributed by atoms with Crippen LogP contribution in [0.25, 0.3) is 10.9 Å². The maximum Gasteiger partial charge on any atom is 0.239 e. The number of ether oxygens (including phenoxy) is 1. The molecule has 1 aromatic heterocycles. The van der Waals surface area contributed by atoms with E-state index in [1.54, 1.807) is 13.3 Å². The monoisotopic (exact) mass is 340 g/mol. The molecule has 0 saturated heterocycles. The molecule has 7 nitrogen and oxygen atoms in total. The van der Waals surface area contributed by atoms with Crippen molar-refractivity contribution in [2.75, 3.05) is 20.2 Å². The molecular formula is C18H20N4O3. The van der Waals surface area contributed by atoms with Gasteiger partial charge < -0.3 is 20.4 Å². The maximum atomic E-state index is 12.1. The molecule has 1 aliphatic carbocycles. The number of carbonyl (C=O) groups excluding carboxylic acids is 2. The van der Waals surface area contributed by atoms with Gasteiger partial charge >= 0.3 is 0 Å². The molecule has 2 amide bonds. The lowest BCUT2D eigenvalue weighted by Gasteiger charge is -2.09. The van der Waals surface area contributed by atoms with Gasteiger partial charge in [-0.05, 0) is 30.5 Å². The molecule has 130 valence electrons. The Bertz CT molecular complexity index is 846. The predicted octanol–water partition coefficient (Wildman–Crippen LogP) is 1.26. The van der Waals surface area contributed by atoms with E-state index in [2.05, 4.69) is 21.7 Å². The molecule has 0 unspecified atom stereocenters. The zero-order valence-electron chi connectivity index (χ0n) is 14.0. The molecule has 0 aliphatic heterocycles. The van der Waals surface area contributed by atoms with Crippen LogP contribution in [0, 0.1) is 16.7 Å². The van der Waals surface area contributed by atoms with Gasteiger partial charge in [0, 0.05) is 29.7 Å². The van der Waals surface area contributed by atoms with Crippen molar-refractivity contribution in [2.24, 2.45) is 5.41 Å². The summed E-state index contributed by atoms with van der Waals surface area (Å²) in [6.45, 7) is 0.263. The highest BCUT2D eigenvalue weighted by Gasteiger charge is 2.43. The Kier molecular flexibility index (Phi) is 4.61. The third kappa shape index (κ3) is 3.91. The summed E-state index contributed by atoms with van der Waals surface area (Å²) < 4.78 is 5.17. The molecule has 1 aromatic carbocycles. The zero-order valence-corrected chi connectivity index (χ0v) is 14.0. The van der Waals surface area contributed by atoms with Crippen LogP contribution >= 0.6 is 0 Å². The molecule has 0 radical (unpaired) electrons. The Morgan fingerprint density at radius 1 is 1.32 bits per heavy atom. The first-order valence-corrected chi connectivity index (χ1v) is 8.14. The molecular weight excluding hydrogens is 320 g/mol. The van der Waals surface area contributed by atoms with Crippen molar-refractivity contribution in [3.05, 3.63) is 30.0 Å². The normalized spacial score (nSPS) is 14.6. The summed E-state index contributed by atoms with van der Waals surface area (Å²) in [7, 11) is 1.60. The second-order valence-corrected chi connectivity index (χ2v) is 6.35. The van der Waals surface area contributed by atoms with Gasteiger partial charge in [-0.2, -0.15) is 5.26 Å². The number of hydrogen-bond donors (Lipinski definition) is 3. The number of nitriles is 1. The fraction of sp³-hybridized carbons (Fsp3) is 0.389. The van der Waals surface area contributed by atoms with Gasteiger partial charge in [0.05, 0.1) is 31.6 Å². The third-order valence-electron chi connectivity index (χ3n) is 4.49. The van der Waals surface area contributed by atoms with Crippen LogP contribution in [-0.2, 0) is 16.0 Å². The van der Waals surface area contributed by atoms with Gasteiger partial charge in [-0.1, -0.05) is 0 Å². The molecule has 0 spiro atoms. The number of nitrogens with one attached hydrogen (secondary N) is 3. The van der Waals surface area contributed by atoms with Crippen molar-refractivity contribution in [3.63, 3.8) is 0 Å². The smallest absolute Gasteiger partial charge is 0.239 e. The summed E-state index contributed by atoms with van der Waals surface area (Å²) in [6.07, 6.45) is 3.61. The first-order chi connectivity index (χ1) is 12.0. The minimum Gasteiger partial charge on any atom is -0.497 e. The second kappa shape index (κ2) is 6.85. The van der Waals surface area contributed by atoms with E-state index in [4.69, 9.17) is 10.00 Å². The van der Waals surface area contributed by atoms with E-state index in [-0.39, 0.29) is 30.2 Å². The van der Waals surface area contributed by atoms with Crippen molar-refractivity contribution >= 4 is 22.7 Å². The van der Waals surface area contributed by atoms with Crippen LogP contribution in [0.2, 0.25) is 0 Å². The summed E-state index contributed by atoms with van der Waals surface area (Å²) in [4.78, 5) is 27.0. The lowest BCUT2D eigenvalue weighted by atomic mass is 10.1. The van der Waals surface area contributed by atoms with Crippen LogP contribution in [-0.4, -0.2) is 37.0 Å². The van der Waals surface area contributed by atoms with Gasteiger partial charge in [0.25, 0.3) is 0 Å². The number of nitrogens with zero attached hydrogens (tertiary/aromatic N) is 1. The molecule has 25 heavy (non-hydrogen) atoms. The Labute approximate surface area is 145 Å². The van der Waals surface area contributed by atoms with Gasteiger partial charge in [0.1, 0.15) is 5.75 Å². The molecule has 3 N–H and O–H groups in total. The van der Waals surface area contributed by atoms with Gasteiger partial charge in [0.2, 0.25) is 11.8 Å². The molecule has 1 aliphatic rings. The molecule has 0 atom stereocenters. The van der Waals surface area contributed by atoms with E-state index >= 15 is 0 Å². The van der Waals surface area contributed by atoms with Gasteiger partial charge in [0.15, 0.2) is 0 Å². The first-order valence-electron chi connectivity index (χ1n) is 8.14. The Morgan fingerprint density at radius 3 is 2.80 bits per heavy atom. The number of hydrogen-bond acceptors (Lipinski definition) is 4. The van der Waals surface area contributed by atoms with E-state index in [1.165, 1.54) is 0 Å². The van der Waals surface area contributed by atoms with E-state index < -0.39 is 0 Å². The van der Waals surface area contributed by atoms with E-state index in [0.29, 0.717) is 6.54 Å². The molecule has 1 fully saturated rings. The molecule has 1 heterocycles. The Morgan fingerprint density at radius 2 is 2.12 bits per heavy atom. The van der Waals surface area contributed by atoms with Gasteiger partial charge in [-0.25, -0.2) is 0 Å². The van der Waals surface area contributed by atoms with Crippen molar-refractivity contribution in [1.82, 2.24) is 15.6 Å². The van der Waals surface area contributed by atoms with E-state index in [0.717, 1.165) is 35.1 Å². The highest BCUT2D eigenvalue weighted by atomic mass is 16.5. The largest absolute Gasteiger partial charge is 0.497 e. The Balaban J connectivity index is 1.49. The summed E-state index contributed by atoms with van der Waals surface area (Å²) in [5, 5.41) is 15.2. The lowest BCUT2D eigenvalue weighted by Crippen LogP contribution is -2.39. The quantitative estimate of drug-likeness (QED) is 0.705. The highest BCUT2D eigenvalue weighted by molar-refractivity contribution is 5.91. The number of carbonyl (C=O) groups is 2. The van der Waals surface area contributed by atoms with Crippen molar-refractivity contribution in [3.8, 4) is 11.8 Å². The van der Waals surface area contributed by atoms with E-state index in [1.807, 2.05) is 18.2 Å². The topological polar surface area (TPSA) is 107 Å². The van der Waals surface area contributed by atoms with Gasteiger partial charge in [-0.15, -0.1) is 0 Å². The SMILES string of the molecule is COc1ccc2c(CC(=O)NCC(=O)NCC3(C#N)CC3)c[nH]c2c1. The molecule has 3 rings (SSSR count). The fourth-order valence-electron chi connectivity index (χ4n) is 2.66. The van der Waals surface area contributed by atoms with Crippen LogP contribution in [0.1, 0.15) is 18.4 Å². The Hall–Kier alpha value is -3.01. The standard InChI is InChI=1S/C18H20N4O3/c1-25-13-2-3-14-12(8-20-15(14)7-13)6-16(23)21-9-17(24)22-11-18(10-19)4-5-18/h2-3,7-8,20H,4-6,9,11H2,1H3,(H,21,23)(H,22,24). The van der Waals surface area contributed by atoms with Crippen LogP contribution in [0.5, 0.6) is 5.75 Å². The van der Waals surface area contributed by atoms with E-state index in [9.17, 15) is 9.59 Å². The average molecular weight is 340 g/mol. The van der Waals surface area contributed by atoms with Crippen molar-refractivity contribution in [1.29, 1.82) is 5.26 Å². The van der Waals surface area contributed by atoms with Crippen LogP contribution in [0.15, 0.2) is 24.4 Å².